The SMILES string of the molecule is CC(C)CN1C[C@@H](N)c2cc(F)ccc21. The molecule has 1 aromatic rings. The largest absolute Gasteiger partial charge is 0.369 e. The molecule has 0 aromatic heterocycles. The van der Waals surface area contributed by atoms with Crippen LogP contribution in [0.4, 0.5) is 10.1 Å². The summed E-state index contributed by atoms with van der Waals surface area (Å²) in [6.45, 7) is 6.13. The second-order valence-corrected chi connectivity index (χ2v) is 4.61. The van der Waals surface area contributed by atoms with Crippen LogP contribution in [0.5, 0.6) is 0 Å². The molecule has 1 aromatic carbocycles. The molecule has 3 heteroatoms. The molecular weight excluding hydrogens is 191 g/mol. The standard InChI is InChI=1S/C12H17FN2/c1-8(2)6-15-7-11(14)10-5-9(13)3-4-12(10)15/h3-5,8,11H,6-7,14H2,1-2H3/t11-/m1/s1. The van der Waals surface area contributed by atoms with Crippen LogP contribution in [0, 0.1) is 11.7 Å². The first kappa shape index (κ1) is 10.4. The van der Waals surface area contributed by atoms with Crippen molar-refractivity contribution >= 4 is 5.69 Å². The van der Waals surface area contributed by atoms with Crippen molar-refractivity contribution in [3.63, 3.8) is 0 Å². The highest BCUT2D eigenvalue weighted by molar-refractivity contribution is 5.59. The zero-order chi connectivity index (χ0) is 11.0. The lowest BCUT2D eigenvalue weighted by atomic mass is 10.1. The maximum atomic E-state index is 13.1. The monoisotopic (exact) mass is 208 g/mol. The summed E-state index contributed by atoms with van der Waals surface area (Å²) in [5.74, 6) is 0.392. The minimum absolute atomic E-state index is 0.0468. The Morgan fingerprint density at radius 1 is 1.53 bits per heavy atom. The number of nitrogens with two attached hydrogens (primary N) is 1. The van der Waals surface area contributed by atoms with Crippen LogP contribution in [-0.4, -0.2) is 13.1 Å². The summed E-state index contributed by atoms with van der Waals surface area (Å²) >= 11 is 0. The van der Waals surface area contributed by atoms with Gasteiger partial charge in [-0.05, 0) is 29.7 Å². The van der Waals surface area contributed by atoms with Crippen LogP contribution in [0.3, 0.4) is 0 Å². The Bertz CT molecular complexity index is 363. The van der Waals surface area contributed by atoms with Gasteiger partial charge in [0.2, 0.25) is 0 Å². The molecule has 1 aliphatic heterocycles. The molecule has 15 heavy (non-hydrogen) atoms. The van der Waals surface area contributed by atoms with Crippen molar-refractivity contribution in [2.24, 2.45) is 11.7 Å². The molecule has 0 spiro atoms. The fraction of sp³-hybridized carbons (Fsp3) is 0.500. The summed E-state index contributed by atoms with van der Waals surface area (Å²) in [6, 6.07) is 4.85. The molecule has 0 saturated heterocycles. The van der Waals surface area contributed by atoms with E-state index < -0.39 is 0 Å². The van der Waals surface area contributed by atoms with Crippen LogP contribution in [0.2, 0.25) is 0 Å². The molecule has 0 fully saturated rings. The van der Waals surface area contributed by atoms with E-state index in [2.05, 4.69) is 18.7 Å². The third-order valence-electron chi connectivity index (χ3n) is 2.73. The van der Waals surface area contributed by atoms with Crippen LogP contribution in [0.1, 0.15) is 25.5 Å². The molecule has 0 saturated carbocycles. The predicted molar refractivity (Wildman–Crippen MR) is 60.4 cm³/mol. The molecule has 2 N–H and O–H groups in total. The van der Waals surface area contributed by atoms with Crippen molar-refractivity contribution in [1.82, 2.24) is 0 Å². The van der Waals surface area contributed by atoms with Gasteiger partial charge < -0.3 is 10.6 Å². The zero-order valence-corrected chi connectivity index (χ0v) is 9.20. The Morgan fingerprint density at radius 2 is 2.27 bits per heavy atom. The highest BCUT2D eigenvalue weighted by atomic mass is 19.1. The second-order valence-electron chi connectivity index (χ2n) is 4.61. The van der Waals surface area contributed by atoms with Gasteiger partial charge in [0.25, 0.3) is 0 Å². The predicted octanol–water partition coefficient (Wildman–Crippen LogP) is 2.30. The minimum atomic E-state index is -0.199. The number of hydrogen-bond acceptors (Lipinski definition) is 2. The summed E-state index contributed by atoms with van der Waals surface area (Å²) in [6.07, 6.45) is 0. The molecule has 0 bridgehead atoms. The first-order valence-electron chi connectivity index (χ1n) is 5.38. The van der Waals surface area contributed by atoms with Crippen LogP contribution in [0.25, 0.3) is 0 Å². The van der Waals surface area contributed by atoms with Gasteiger partial charge in [-0.15, -0.1) is 0 Å². The summed E-state index contributed by atoms with van der Waals surface area (Å²) in [5, 5.41) is 0. The van der Waals surface area contributed by atoms with Crippen LogP contribution in [-0.2, 0) is 0 Å². The van der Waals surface area contributed by atoms with E-state index in [4.69, 9.17) is 5.73 Å². The van der Waals surface area contributed by atoms with Gasteiger partial charge in [-0.3, -0.25) is 0 Å². The topological polar surface area (TPSA) is 29.3 Å². The quantitative estimate of drug-likeness (QED) is 0.808. The molecule has 1 aliphatic rings. The third kappa shape index (κ3) is 1.97. The van der Waals surface area contributed by atoms with Gasteiger partial charge in [-0.25, -0.2) is 4.39 Å². The third-order valence-corrected chi connectivity index (χ3v) is 2.73. The maximum absolute atomic E-state index is 13.1. The van der Waals surface area contributed by atoms with Gasteiger partial charge in [0.15, 0.2) is 0 Å². The lowest BCUT2D eigenvalue weighted by Gasteiger charge is -2.21. The van der Waals surface area contributed by atoms with Crippen molar-refractivity contribution in [1.29, 1.82) is 0 Å². The van der Waals surface area contributed by atoms with E-state index in [9.17, 15) is 4.39 Å². The number of hydrogen-bond donors (Lipinski definition) is 1. The summed E-state index contributed by atoms with van der Waals surface area (Å²) < 4.78 is 13.1. The summed E-state index contributed by atoms with van der Waals surface area (Å²) in [4.78, 5) is 2.24. The first-order valence-corrected chi connectivity index (χ1v) is 5.38. The molecule has 0 amide bonds. The lowest BCUT2D eigenvalue weighted by Crippen LogP contribution is -2.28. The minimum Gasteiger partial charge on any atom is -0.369 e. The number of nitrogens with zero attached hydrogens (tertiary/aromatic N) is 1. The van der Waals surface area contributed by atoms with Crippen molar-refractivity contribution < 1.29 is 4.39 Å². The van der Waals surface area contributed by atoms with Crippen molar-refractivity contribution in [2.45, 2.75) is 19.9 Å². The van der Waals surface area contributed by atoms with Crippen molar-refractivity contribution in [2.75, 3.05) is 18.0 Å². The molecule has 0 unspecified atom stereocenters. The Morgan fingerprint density at radius 3 is 2.93 bits per heavy atom. The average Bonchev–Trinajstić information content (AvgIpc) is 2.42. The van der Waals surface area contributed by atoms with Gasteiger partial charge in [-0.1, -0.05) is 13.8 Å². The van der Waals surface area contributed by atoms with E-state index in [1.54, 1.807) is 6.07 Å². The number of halogens is 1. The van der Waals surface area contributed by atoms with E-state index >= 15 is 0 Å². The average molecular weight is 208 g/mol. The zero-order valence-electron chi connectivity index (χ0n) is 9.20. The van der Waals surface area contributed by atoms with Crippen LogP contribution in [0.15, 0.2) is 18.2 Å². The van der Waals surface area contributed by atoms with E-state index in [0.29, 0.717) is 5.92 Å². The van der Waals surface area contributed by atoms with Crippen LogP contribution >= 0.6 is 0 Å². The lowest BCUT2D eigenvalue weighted by molar-refractivity contribution is 0.603. The fourth-order valence-corrected chi connectivity index (χ4v) is 2.16. The van der Waals surface area contributed by atoms with Gasteiger partial charge in [0.1, 0.15) is 5.82 Å². The van der Waals surface area contributed by atoms with Gasteiger partial charge in [0.05, 0.1) is 0 Å². The maximum Gasteiger partial charge on any atom is 0.123 e. The second kappa shape index (κ2) is 3.81. The number of rotatable bonds is 2. The molecular formula is C12H17FN2. The first-order chi connectivity index (χ1) is 7.08. The molecule has 0 aliphatic carbocycles. The van der Waals surface area contributed by atoms with Gasteiger partial charge in [0, 0.05) is 24.8 Å². The number of benzene rings is 1. The normalized spacial score (nSPS) is 19.8. The Balaban J connectivity index is 2.30. The van der Waals surface area contributed by atoms with Crippen LogP contribution < -0.4 is 10.6 Å². The Labute approximate surface area is 89.9 Å². The van der Waals surface area contributed by atoms with E-state index in [1.807, 2.05) is 6.07 Å². The Kier molecular flexibility index (Phi) is 2.65. The van der Waals surface area contributed by atoms with Crippen molar-refractivity contribution in [3.8, 4) is 0 Å². The highest BCUT2D eigenvalue weighted by Gasteiger charge is 2.26. The van der Waals surface area contributed by atoms with Gasteiger partial charge >= 0.3 is 0 Å². The molecule has 0 radical (unpaired) electrons. The van der Waals surface area contributed by atoms with E-state index in [1.165, 1.54) is 6.07 Å². The fourth-order valence-electron chi connectivity index (χ4n) is 2.16. The molecule has 2 rings (SSSR count). The summed E-state index contributed by atoms with van der Waals surface area (Å²) in [7, 11) is 0. The van der Waals surface area contributed by atoms with E-state index in [-0.39, 0.29) is 11.9 Å². The Hall–Kier alpha value is -1.09. The molecule has 1 heterocycles. The highest BCUT2D eigenvalue weighted by Crippen LogP contribution is 2.34. The molecule has 2 nitrogen and oxygen atoms in total. The summed E-state index contributed by atoms with van der Waals surface area (Å²) in [5.41, 5.74) is 8.01. The smallest absolute Gasteiger partial charge is 0.123 e. The molecule has 82 valence electrons. The van der Waals surface area contributed by atoms with Crippen molar-refractivity contribution in [3.05, 3.63) is 29.6 Å². The number of fused-ring (bicyclic) bond motifs is 1. The van der Waals surface area contributed by atoms with E-state index in [0.717, 1.165) is 24.3 Å². The molecule has 1 atom stereocenters. The number of anilines is 1. The van der Waals surface area contributed by atoms with Gasteiger partial charge in [-0.2, -0.15) is 0 Å².